The predicted octanol–water partition coefficient (Wildman–Crippen LogP) is 5.06. The van der Waals surface area contributed by atoms with Crippen molar-refractivity contribution in [3.63, 3.8) is 0 Å². The minimum absolute atomic E-state index is 0.0653. The van der Waals surface area contributed by atoms with Crippen LogP contribution in [0.1, 0.15) is 12.5 Å². The topological polar surface area (TPSA) is 71.3 Å². The van der Waals surface area contributed by atoms with Gasteiger partial charge in [-0.15, -0.1) is 0 Å². The van der Waals surface area contributed by atoms with Gasteiger partial charge in [0.1, 0.15) is 11.6 Å². The Hall–Kier alpha value is -2.49. The number of para-hydroxylation sites is 1. The van der Waals surface area contributed by atoms with E-state index in [4.69, 9.17) is 21.1 Å². The standard InChI is InChI=1S/C19H16BrClN2O3/c1-3-26-17-10-12(9-15(21)18(17)25-2)8-13(11-22)19(24)23-16-7-5-4-6-14(16)20/h4-10H,3H2,1-2H3,(H,23,24)/b13-8-. The van der Waals surface area contributed by atoms with Gasteiger partial charge < -0.3 is 14.8 Å². The molecule has 0 atom stereocenters. The van der Waals surface area contributed by atoms with Gasteiger partial charge in [-0.2, -0.15) is 5.26 Å². The number of anilines is 1. The van der Waals surface area contributed by atoms with Crippen LogP contribution in [0.3, 0.4) is 0 Å². The van der Waals surface area contributed by atoms with Crippen molar-refractivity contribution >= 4 is 45.2 Å². The molecule has 0 aliphatic rings. The van der Waals surface area contributed by atoms with Gasteiger partial charge in [0.05, 0.1) is 24.4 Å². The second kappa shape index (κ2) is 9.27. The predicted molar refractivity (Wildman–Crippen MR) is 106 cm³/mol. The summed E-state index contributed by atoms with van der Waals surface area (Å²) >= 11 is 9.55. The molecule has 0 heterocycles. The zero-order valence-electron chi connectivity index (χ0n) is 14.2. The first-order valence-electron chi connectivity index (χ1n) is 7.68. The number of ether oxygens (including phenoxy) is 2. The van der Waals surface area contributed by atoms with Gasteiger partial charge >= 0.3 is 0 Å². The largest absolute Gasteiger partial charge is 0.491 e. The Morgan fingerprint density at radius 2 is 2.12 bits per heavy atom. The third-order valence-electron chi connectivity index (χ3n) is 3.33. The molecule has 1 amide bonds. The smallest absolute Gasteiger partial charge is 0.266 e. The fourth-order valence-electron chi connectivity index (χ4n) is 2.20. The first kappa shape index (κ1) is 19.8. The molecule has 2 rings (SSSR count). The summed E-state index contributed by atoms with van der Waals surface area (Å²) < 4.78 is 11.5. The number of carbonyl (C=O) groups excluding carboxylic acids is 1. The van der Waals surface area contributed by atoms with Crippen molar-refractivity contribution in [2.45, 2.75) is 6.92 Å². The van der Waals surface area contributed by atoms with Crippen LogP contribution in [0, 0.1) is 11.3 Å². The number of rotatable bonds is 6. The fourth-order valence-corrected chi connectivity index (χ4v) is 2.88. The molecule has 26 heavy (non-hydrogen) atoms. The molecule has 7 heteroatoms. The lowest BCUT2D eigenvalue weighted by Gasteiger charge is -2.12. The van der Waals surface area contributed by atoms with Gasteiger partial charge in [0, 0.05) is 4.47 Å². The Kier molecular flexibility index (Phi) is 7.07. The number of nitrogens with one attached hydrogen (secondary N) is 1. The molecule has 5 nitrogen and oxygen atoms in total. The molecule has 0 aliphatic carbocycles. The van der Waals surface area contributed by atoms with Gasteiger partial charge in [0.2, 0.25) is 0 Å². The van der Waals surface area contributed by atoms with Crippen molar-refractivity contribution in [2.75, 3.05) is 19.0 Å². The molecule has 0 unspecified atom stereocenters. The van der Waals surface area contributed by atoms with E-state index in [0.29, 0.717) is 34.4 Å². The Bertz CT molecular complexity index is 891. The van der Waals surface area contributed by atoms with E-state index in [0.717, 1.165) is 4.47 Å². The molecule has 2 aromatic carbocycles. The second-order valence-corrected chi connectivity index (χ2v) is 6.33. The van der Waals surface area contributed by atoms with Crippen LogP contribution in [0.4, 0.5) is 5.69 Å². The SMILES string of the molecule is CCOc1cc(/C=C(/C#N)C(=O)Nc2ccccc2Br)cc(Cl)c1OC. The summed E-state index contributed by atoms with van der Waals surface area (Å²) in [6, 6.07) is 12.3. The highest BCUT2D eigenvalue weighted by atomic mass is 79.9. The molecular weight excluding hydrogens is 420 g/mol. The first-order valence-corrected chi connectivity index (χ1v) is 8.85. The van der Waals surface area contributed by atoms with E-state index in [1.54, 1.807) is 30.3 Å². The van der Waals surface area contributed by atoms with Crippen molar-refractivity contribution in [1.29, 1.82) is 5.26 Å². The van der Waals surface area contributed by atoms with Crippen LogP contribution in [0.15, 0.2) is 46.4 Å². The molecular formula is C19H16BrClN2O3. The second-order valence-electron chi connectivity index (χ2n) is 5.07. The van der Waals surface area contributed by atoms with Crippen LogP contribution >= 0.6 is 27.5 Å². The molecule has 0 bridgehead atoms. The molecule has 2 aromatic rings. The average molecular weight is 436 g/mol. The summed E-state index contributed by atoms with van der Waals surface area (Å²) in [6.45, 7) is 2.26. The van der Waals surface area contributed by atoms with Crippen LogP contribution in [0.25, 0.3) is 6.08 Å². The Labute approximate surface area is 165 Å². The maximum Gasteiger partial charge on any atom is 0.266 e. The molecule has 134 valence electrons. The number of nitriles is 1. The quantitative estimate of drug-likeness (QED) is 0.509. The summed E-state index contributed by atoms with van der Waals surface area (Å²) in [4.78, 5) is 12.4. The lowest BCUT2D eigenvalue weighted by molar-refractivity contribution is -0.112. The molecule has 0 aliphatic heterocycles. The van der Waals surface area contributed by atoms with Gasteiger partial charge in [0.25, 0.3) is 5.91 Å². The number of hydrogen-bond acceptors (Lipinski definition) is 4. The summed E-state index contributed by atoms with van der Waals surface area (Å²) in [5.41, 5.74) is 1.06. The maximum atomic E-state index is 12.4. The molecule has 1 N–H and O–H groups in total. The third-order valence-corrected chi connectivity index (χ3v) is 4.31. The number of carbonyl (C=O) groups is 1. The fraction of sp³-hybridized carbons (Fsp3) is 0.158. The highest BCUT2D eigenvalue weighted by Crippen LogP contribution is 2.37. The molecule has 0 saturated heterocycles. The number of hydrogen-bond donors (Lipinski definition) is 1. The minimum Gasteiger partial charge on any atom is -0.491 e. The average Bonchev–Trinajstić information content (AvgIpc) is 2.61. The van der Waals surface area contributed by atoms with Crippen molar-refractivity contribution < 1.29 is 14.3 Å². The maximum absolute atomic E-state index is 12.4. The number of amides is 1. The number of methoxy groups -OCH3 is 1. The molecule has 0 saturated carbocycles. The summed E-state index contributed by atoms with van der Waals surface area (Å²) in [5, 5.41) is 12.4. The van der Waals surface area contributed by atoms with Gasteiger partial charge in [-0.1, -0.05) is 23.7 Å². The van der Waals surface area contributed by atoms with Crippen LogP contribution < -0.4 is 14.8 Å². The monoisotopic (exact) mass is 434 g/mol. The van der Waals surface area contributed by atoms with Crippen molar-refractivity contribution in [3.8, 4) is 17.6 Å². The number of halogens is 2. The normalized spacial score (nSPS) is 10.8. The van der Waals surface area contributed by atoms with E-state index < -0.39 is 5.91 Å². The highest BCUT2D eigenvalue weighted by Gasteiger charge is 2.14. The Morgan fingerprint density at radius 3 is 2.73 bits per heavy atom. The zero-order valence-corrected chi connectivity index (χ0v) is 16.5. The lowest BCUT2D eigenvalue weighted by atomic mass is 10.1. The molecule has 0 radical (unpaired) electrons. The van der Waals surface area contributed by atoms with Gasteiger partial charge in [-0.05, 0) is 58.8 Å². The van der Waals surface area contributed by atoms with Gasteiger partial charge in [-0.25, -0.2) is 0 Å². The van der Waals surface area contributed by atoms with Crippen LogP contribution in [-0.2, 0) is 4.79 Å². The van der Waals surface area contributed by atoms with Crippen molar-refractivity contribution in [1.82, 2.24) is 0 Å². The van der Waals surface area contributed by atoms with E-state index in [-0.39, 0.29) is 5.57 Å². The van der Waals surface area contributed by atoms with Gasteiger partial charge in [-0.3, -0.25) is 4.79 Å². The molecule has 0 fully saturated rings. The first-order chi connectivity index (χ1) is 12.5. The van der Waals surface area contributed by atoms with Crippen molar-refractivity contribution in [2.24, 2.45) is 0 Å². The molecule has 0 aromatic heterocycles. The van der Waals surface area contributed by atoms with E-state index in [2.05, 4.69) is 21.2 Å². The lowest BCUT2D eigenvalue weighted by Crippen LogP contribution is -2.13. The van der Waals surface area contributed by atoms with E-state index in [1.807, 2.05) is 19.1 Å². The third kappa shape index (κ3) is 4.78. The summed E-state index contributed by atoms with van der Waals surface area (Å²) in [5.74, 6) is 0.323. The zero-order chi connectivity index (χ0) is 19.1. The highest BCUT2D eigenvalue weighted by molar-refractivity contribution is 9.10. The number of nitrogens with zero attached hydrogens (tertiary/aromatic N) is 1. The van der Waals surface area contributed by atoms with Crippen LogP contribution in [0.5, 0.6) is 11.5 Å². The van der Waals surface area contributed by atoms with Gasteiger partial charge in [0.15, 0.2) is 11.5 Å². The Balaban J connectivity index is 2.35. The molecule has 0 spiro atoms. The van der Waals surface area contributed by atoms with E-state index >= 15 is 0 Å². The minimum atomic E-state index is -0.524. The summed E-state index contributed by atoms with van der Waals surface area (Å²) in [6.07, 6.45) is 1.44. The van der Waals surface area contributed by atoms with Crippen molar-refractivity contribution in [3.05, 3.63) is 57.0 Å². The number of benzene rings is 2. The van der Waals surface area contributed by atoms with E-state index in [1.165, 1.54) is 13.2 Å². The Morgan fingerprint density at radius 1 is 1.38 bits per heavy atom. The summed E-state index contributed by atoms with van der Waals surface area (Å²) in [7, 11) is 1.49. The van der Waals surface area contributed by atoms with Crippen LogP contribution in [-0.4, -0.2) is 19.6 Å². The van der Waals surface area contributed by atoms with Crippen LogP contribution in [0.2, 0.25) is 5.02 Å². The van der Waals surface area contributed by atoms with E-state index in [9.17, 15) is 10.1 Å².